The van der Waals surface area contributed by atoms with E-state index >= 15 is 0 Å². The average Bonchev–Trinajstić information content (AvgIpc) is 2.51. The smallest absolute Gasteiger partial charge is 0.269 e. The summed E-state index contributed by atoms with van der Waals surface area (Å²) in [5, 5.41) is 13.9. The minimum absolute atomic E-state index is 0.0507. The zero-order valence-corrected chi connectivity index (χ0v) is 13.5. The number of halogens is 2. The summed E-state index contributed by atoms with van der Waals surface area (Å²) >= 11 is 11.7. The van der Waals surface area contributed by atoms with Crippen LogP contribution in [0.2, 0.25) is 10.0 Å². The molecule has 8 heteroatoms. The second kappa shape index (κ2) is 7.30. The number of anilines is 1. The van der Waals surface area contributed by atoms with Gasteiger partial charge in [0.1, 0.15) is 5.75 Å². The van der Waals surface area contributed by atoms with Gasteiger partial charge in [-0.25, -0.2) is 0 Å². The third kappa shape index (κ3) is 4.58. The normalized spacial score (nSPS) is 11.6. The number of hydrogen-bond donors (Lipinski definition) is 1. The Bertz CT molecular complexity index is 735. The highest BCUT2D eigenvalue weighted by molar-refractivity contribution is 6.42. The largest absolute Gasteiger partial charge is 0.481 e. The van der Waals surface area contributed by atoms with Gasteiger partial charge in [0.25, 0.3) is 11.6 Å². The molecule has 0 aliphatic carbocycles. The van der Waals surface area contributed by atoms with Crippen LogP contribution in [0.25, 0.3) is 0 Å². The van der Waals surface area contributed by atoms with Crippen LogP contribution in [-0.4, -0.2) is 16.9 Å². The van der Waals surface area contributed by atoms with E-state index in [0.29, 0.717) is 21.5 Å². The monoisotopic (exact) mass is 354 g/mol. The van der Waals surface area contributed by atoms with Crippen LogP contribution in [0.1, 0.15) is 6.92 Å². The molecular weight excluding hydrogens is 343 g/mol. The second-order valence-electron chi connectivity index (χ2n) is 4.63. The first kappa shape index (κ1) is 17.1. The highest BCUT2D eigenvalue weighted by Gasteiger charge is 2.16. The lowest BCUT2D eigenvalue weighted by Gasteiger charge is -2.15. The van der Waals surface area contributed by atoms with Crippen LogP contribution in [0.4, 0.5) is 11.4 Å². The maximum atomic E-state index is 12.1. The molecule has 0 saturated heterocycles. The lowest BCUT2D eigenvalue weighted by Crippen LogP contribution is -2.30. The minimum atomic E-state index is -0.800. The van der Waals surface area contributed by atoms with E-state index in [-0.39, 0.29) is 11.6 Å². The fourth-order valence-electron chi connectivity index (χ4n) is 1.72. The Kier molecular flexibility index (Phi) is 5.41. The molecule has 0 bridgehead atoms. The van der Waals surface area contributed by atoms with Crippen molar-refractivity contribution >= 4 is 40.5 Å². The highest BCUT2D eigenvalue weighted by atomic mass is 35.5. The Morgan fingerprint density at radius 1 is 1.17 bits per heavy atom. The standard InChI is InChI=1S/C15H12Cl2N2O4/c1-9(23-12-5-3-11(4-6-12)19(21)22)15(20)18-10-2-7-13(16)14(17)8-10/h2-9H,1H3,(H,18,20). The molecule has 0 aliphatic rings. The van der Waals surface area contributed by atoms with E-state index in [9.17, 15) is 14.9 Å². The molecule has 23 heavy (non-hydrogen) atoms. The maximum Gasteiger partial charge on any atom is 0.269 e. The number of nitrogens with zero attached hydrogens (tertiary/aromatic N) is 1. The van der Waals surface area contributed by atoms with Crippen LogP contribution in [0, 0.1) is 10.1 Å². The minimum Gasteiger partial charge on any atom is -0.481 e. The molecule has 1 unspecified atom stereocenters. The van der Waals surface area contributed by atoms with Crippen molar-refractivity contribution in [1.82, 2.24) is 0 Å². The molecule has 1 atom stereocenters. The van der Waals surface area contributed by atoms with Crippen LogP contribution >= 0.6 is 23.2 Å². The Labute approximate surface area is 142 Å². The van der Waals surface area contributed by atoms with Gasteiger partial charge in [-0.05, 0) is 37.3 Å². The number of carbonyl (C=O) groups is 1. The van der Waals surface area contributed by atoms with Crippen molar-refractivity contribution < 1.29 is 14.5 Å². The van der Waals surface area contributed by atoms with Crippen molar-refractivity contribution in [3.8, 4) is 5.75 Å². The molecule has 0 saturated carbocycles. The van der Waals surface area contributed by atoms with Gasteiger partial charge in [0.2, 0.25) is 0 Å². The SMILES string of the molecule is CC(Oc1ccc([N+](=O)[O-])cc1)C(=O)Nc1ccc(Cl)c(Cl)c1. The molecule has 0 fully saturated rings. The van der Waals surface area contributed by atoms with Crippen LogP contribution in [0.15, 0.2) is 42.5 Å². The van der Waals surface area contributed by atoms with Crippen molar-refractivity contribution in [3.05, 3.63) is 62.6 Å². The summed E-state index contributed by atoms with van der Waals surface area (Å²) in [6.07, 6.45) is -0.800. The molecule has 0 spiro atoms. The zero-order chi connectivity index (χ0) is 17.0. The lowest BCUT2D eigenvalue weighted by molar-refractivity contribution is -0.384. The Hall–Kier alpha value is -2.31. The number of carbonyl (C=O) groups excluding carboxylic acids is 1. The van der Waals surface area contributed by atoms with Gasteiger partial charge in [-0.15, -0.1) is 0 Å². The molecule has 2 aromatic carbocycles. The number of nitrogens with one attached hydrogen (secondary N) is 1. The quantitative estimate of drug-likeness (QED) is 0.640. The molecule has 120 valence electrons. The predicted octanol–water partition coefficient (Wildman–Crippen LogP) is 4.31. The Morgan fingerprint density at radius 2 is 1.83 bits per heavy atom. The predicted molar refractivity (Wildman–Crippen MR) is 88.3 cm³/mol. The van der Waals surface area contributed by atoms with Crippen LogP contribution in [0.5, 0.6) is 5.75 Å². The highest BCUT2D eigenvalue weighted by Crippen LogP contribution is 2.25. The molecule has 0 radical (unpaired) electrons. The third-order valence-electron chi connectivity index (χ3n) is 2.92. The fourth-order valence-corrected chi connectivity index (χ4v) is 2.02. The van der Waals surface area contributed by atoms with E-state index in [4.69, 9.17) is 27.9 Å². The van der Waals surface area contributed by atoms with Crippen LogP contribution in [0.3, 0.4) is 0 Å². The summed E-state index contributed by atoms with van der Waals surface area (Å²) in [6, 6.07) is 10.2. The van der Waals surface area contributed by atoms with E-state index in [1.54, 1.807) is 19.1 Å². The summed E-state index contributed by atoms with van der Waals surface area (Å²) in [6.45, 7) is 1.56. The van der Waals surface area contributed by atoms with E-state index in [1.165, 1.54) is 30.3 Å². The van der Waals surface area contributed by atoms with Crippen molar-refractivity contribution in [2.24, 2.45) is 0 Å². The fraction of sp³-hybridized carbons (Fsp3) is 0.133. The van der Waals surface area contributed by atoms with Gasteiger partial charge in [0.05, 0.1) is 15.0 Å². The van der Waals surface area contributed by atoms with Gasteiger partial charge in [-0.3, -0.25) is 14.9 Å². The van der Waals surface area contributed by atoms with Gasteiger partial charge < -0.3 is 10.1 Å². The van der Waals surface area contributed by atoms with Crippen molar-refractivity contribution in [3.63, 3.8) is 0 Å². The van der Waals surface area contributed by atoms with Gasteiger partial charge >= 0.3 is 0 Å². The summed E-state index contributed by atoms with van der Waals surface area (Å²) in [7, 11) is 0. The molecule has 2 aromatic rings. The molecule has 6 nitrogen and oxygen atoms in total. The summed E-state index contributed by atoms with van der Waals surface area (Å²) in [5.74, 6) is -0.0332. The van der Waals surface area contributed by atoms with Gasteiger partial charge in [0.15, 0.2) is 6.10 Å². The molecule has 1 N–H and O–H groups in total. The van der Waals surface area contributed by atoms with E-state index in [1.807, 2.05) is 0 Å². The van der Waals surface area contributed by atoms with E-state index in [0.717, 1.165) is 0 Å². The molecule has 2 rings (SSSR count). The third-order valence-corrected chi connectivity index (χ3v) is 3.66. The van der Waals surface area contributed by atoms with Gasteiger partial charge in [0, 0.05) is 17.8 Å². The van der Waals surface area contributed by atoms with Crippen LogP contribution < -0.4 is 10.1 Å². The van der Waals surface area contributed by atoms with E-state index in [2.05, 4.69) is 5.32 Å². The number of nitro groups is 1. The second-order valence-corrected chi connectivity index (χ2v) is 5.44. The number of non-ortho nitro benzene ring substituents is 1. The summed E-state index contributed by atoms with van der Waals surface area (Å²) in [5.41, 5.74) is 0.439. The van der Waals surface area contributed by atoms with Gasteiger partial charge in [-0.2, -0.15) is 0 Å². The topological polar surface area (TPSA) is 81.5 Å². The van der Waals surface area contributed by atoms with Crippen molar-refractivity contribution in [1.29, 1.82) is 0 Å². The molecular formula is C15H12Cl2N2O4. The van der Waals surface area contributed by atoms with Crippen molar-refractivity contribution in [2.75, 3.05) is 5.32 Å². The van der Waals surface area contributed by atoms with Crippen LogP contribution in [-0.2, 0) is 4.79 Å². The number of amides is 1. The maximum absolute atomic E-state index is 12.1. The molecule has 0 heterocycles. The van der Waals surface area contributed by atoms with Crippen molar-refractivity contribution in [2.45, 2.75) is 13.0 Å². The molecule has 0 aliphatic heterocycles. The summed E-state index contributed by atoms with van der Waals surface area (Å²) < 4.78 is 5.44. The number of benzene rings is 2. The number of ether oxygens (including phenoxy) is 1. The Balaban J connectivity index is 1.99. The Morgan fingerprint density at radius 3 is 2.39 bits per heavy atom. The van der Waals surface area contributed by atoms with E-state index < -0.39 is 11.0 Å². The first-order chi connectivity index (χ1) is 10.9. The molecule has 0 aromatic heterocycles. The molecule has 1 amide bonds. The summed E-state index contributed by atoms with van der Waals surface area (Å²) in [4.78, 5) is 22.1. The lowest BCUT2D eigenvalue weighted by atomic mass is 10.3. The number of hydrogen-bond acceptors (Lipinski definition) is 4. The first-order valence-corrected chi connectivity index (χ1v) is 7.29. The number of nitro benzene ring substituents is 1. The average molecular weight is 355 g/mol. The zero-order valence-electron chi connectivity index (χ0n) is 12.0. The first-order valence-electron chi connectivity index (χ1n) is 6.54. The van der Waals surface area contributed by atoms with Gasteiger partial charge in [-0.1, -0.05) is 23.2 Å². The number of rotatable bonds is 5.